The highest BCUT2D eigenvalue weighted by molar-refractivity contribution is 7.10. The van der Waals surface area contributed by atoms with E-state index in [0.717, 1.165) is 11.3 Å². The van der Waals surface area contributed by atoms with Crippen molar-refractivity contribution < 1.29 is 14.7 Å². The number of carbonyl (C=O) groups excluding carboxylic acids is 1. The Morgan fingerprint density at radius 1 is 1.57 bits per heavy atom. The maximum atomic E-state index is 12.4. The van der Waals surface area contributed by atoms with E-state index in [1.54, 1.807) is 16.2 Å². The molecule has 1 fully saturated rings. The van der Waals surface area contributed by atoms with E-state index in [1.165, 1.54) is 0 Å². The standard InChI is InChI=1S/C15H22N2O3S/c1-3-12(13-5-4-8-21-13)16-15(20)17-7-6-11(14(18)19)9-10(17)2/h4-5,8,10-12H,3,6-7,9H2,1-2H3,(H,16,20)(H,18,19). The Balaban J connectivity index is 1.95. The Bertz CT molecular complexity index is 489. The van der Waals surface area contributed by atoms with Gasteiger partial charge in [0.05, 0.1) is 12.0 Å². The summed E-state index contributed by atoms with van der Waals surface area (Å²) in [4.78, 5) is 26.4. The summed E-state index contributed by atoms with van der Waals surface area (Å²) in [5.74, 6) is -1.09. The van der Waals surface area contributed by atoms with Crippen LogP contribution in [0.25, 0.3) is 0 Å². The van der Waals surface area contributed by atoms with Crippen molar-refractivity contribution in [1.82, 2.24) is 10.2 Å². The van der Waals surface area contributed by atoms with Crippen molar-refractivity contribution in [3.8, 4) is 0 Å². The maximum Gasteiger partial charge on any atom is 0.318 e. The van der Waals surface area contributed by atoms with Crippen LogP contribution in [-0.2, 0) is 4.79 Å². The summed E-state index contributed by atoms with van der Waals surface area (Å²) in [5, 5.41) is 14.1. The average Bonchev–Trinajstić information content (AvgIpc) is 2.98. The van der Waals surface area contributed by atoms with Gasteiger partial charge in [0.1, 0.15) is 0 Å². The van der Waals surface area contributed by atoms with Gasteiger partial charge in [0.15, 0.2) is 0 Å². The van der Waals surface area contributed by atoms with Crippen molar-refractivity contribution in [2.75, 3.05) is 6.54 Å². The third kappa shape index (κ3) is 3.75. The number of hydrogen-bond acceptors (Lipinski definition) is 3. The van der Waals surface area contributed by atoms with Gasteiger partial charge in [0.25, 0.3) is 0 Å². The van der Waals surface area contributed by atoms with Gasteiger partial charge in [0.2, 0.25) is 0 Å². The van der Waals surface area contributed by atoms with Crippen LogP contribution in [0.4, 0.5) is 4.79 Å². The topological polar surface area (TPSA) is 69.6 Å². The third-order valence-corrected chi connectivity index (χ3v) is 5.06. The van der Waals surface area contributed by atoms with E-state index in [9.17, 15) is 9.59 Å². The molecule has 21 heavy (non-hydrogen) atoms. The fourth-order valence-corrected chi connectivity index (χ4v) is 3.66. The zero-order valence-electron chi connectivity index (χ0n) is 12.4. The molecule has 1 aliphatic heterocycles. The van der Waals surface area contributed by atoms with Crippen LogP contribution in [0.3, 0.4) is 0 Å². The van der Waals surface area contributed by atoms with Gasteiger partial charge in [-0.05, 0) is 37.6 Å². The zero-order chi connectivity index (χ0) is 15.4. The highest BCUT2D eigenvalue weighted by atomic mass is 32.1. The first-order valence-electron chi connectivity index (χ1n) is 7.36. The van der Waals surface area contributed by atoms with Crippen LogP contribution in [0.15, 0.2) is 17.5 Å². The molecule has 2 amide bonds. The number of rotatable bonds is 4. The number of aliphatic carboxylic acids is 1. The molecule has 6 heteroatoms. The first-order chi connectivity index (χ1) is 10.0. The molecule has 5 nitrogen and oxygen atoms in total. The van der Waals surface area contributed by atoms with E-state index in [0.29, 0.717) is 19.4 Å². The molecular weight excluding hydrogens is 288 g/mol. The summed E-state index contributed by atoms with van der Waals surface area (Å²) in [6.07, 6.45) is 1.90. The van der Waals surface area contributed by atoms with E-state index in [2.05, 4.69) is 5.32 Å². The van der Waals surface area contributed by atoms with E-state index < -0.39 is 5.97 Å². The van der Waals surface area contributed by atoms with Gasteiger partial charge in [-0.25, -0.2) is 4.79 Å². The predicted octanol–water partition coefficient (Wildman–Crippen LogP) is 3.09. The summed E-state index contributed by atoms with van der Waals surface area (Å²) in [6.45, 7) is 4.47. The SMILES string of the molecule is CCC(NC(=O)N1CCC(C(=O)O)CC1C)c1cccs1. The van der Waals surface area contributed by atoms with E-state index in [4.69, 9.17) is 5.11 Å². The summed E-state index contributed by atoms with van der Waals surface area (Å²) in [7, 11) is 0. The van der Waals surface area contributed by atoms with Crippen LogP contribution in [0.5, 0.6) is 0 Å². The summed E-state index contributed by atoms with van der Waals surface area (Å²) in [5.41, 5.74) is 0. The van der Waals surface area contributed by atoms with Crippen molar-refractivity contribution in [3.63, 3.8) is 0 Å². The number of carbonyl (C=O) groups is 2. The maximum absolute atomic E-state index is 12.4. The van der Waals surface area contributed by atoms with E-state index in [-0.39, 0.29) is 24.0 Å². The Morgan fingerprint density at radius 3 is 2.86 bits per heavy atom. The second-order valence-electron chi connectivity index (χ2n) is 5.53. The molecule has 0 aliphatic carbocycles. The highest BCUT2D eigenvalue weighted by Gasteiger charge is 2.32. The monoisotopic (exact) mass is 310 g/mol. The van der Waals surface area contributed by atoms with Crippen molar-refractivity contribution >= 4 is 23.3 Å². The Morgan fingerprint density at radius 2 is 2.33 bits per heavy atom. The van der Waals surface area contributed by atoms with Gasteiger partial charge in [-0.1, -0.05) is 13.0 Å². The predicted molar refractivity (Wildman–Crippen MR) is 82.4 cm³/mol. The lowest BCUT2D eigenvalue weighted by Crippen LogP contribution is -2.50. The molecule has 1 aromatic rings. The normalized spacial score (nSPS) is 23.6. The zero-order valence-corrected chi connectivity index (χ0v) is 13.2. The molecule has 1 aliphatic rings. The lowest BCUT2D eigenvalue weighted by atomic mass is 9.92. The number of carboxylic acid groups (broad SMARTS) is 1. The van der Waals surface area contributed by atoms with Crippen LogP contribution in [-0.4, -0.2) is 34.6 Å². The summed E-state index contributed by atoms with van der Waals surface area (Å²) in [6, 6.07) is 3.91. The number of nitrogens with one attached hydrogen (secondary N) is 1. The highest BCUT2D eigenvalue weighted by Crippen LogP contribution is 2.25. The third-order valence-electron chi connectivity index (χ3n) is 4.08. The minimum Gasteiger partial charge on any atom is -0.481 e. The first-order valence-corrected chi connectivity index (χ1v) is 8.24. The van der Waals surface area contributed by atoms with Crippen LogP contribution < -0.4 is 5.32 Å². The number of carboxylic acids is 1. The van der Waals surface area contributed by atoms with Gasteiger partial charge in [-0.3, -0.25) is 4.79 Å². The van der Waals surface area contributed by atoms with Crippen molar-refractivity contribution in [2.24, 2.45) is 5.92 Å². The molecule has 1 saturated heterocycles. The molecule has 116 valence electrons. The van der Waals surface area contributed by atoms with Crippen LogP contribution in [0.2, 0.25) is 0 Å². The molecular formula is C15H22N2O3S. The summed E-state index contributed by atoms with van der Waals surface area (Å²) < 4.78 is 0. The molecule has 3 unspecified atom stereocenters. The second kappa shape index (κ2) is 6.93. The summed E-state index contributed by atoms with van der Waals surface area (Å²) >= 11 is 1.64. The number of likely N-dealkylation sites (tertiary alicyclic amines) is 1. The molecule has 0 spiro atoms. The molecule has 2 heterocycles. The van der Waals surface area contributed by atoms with Crippen LogP contribution in [0.1, 0.15) is 44.0 Å². The van der Waals surface area contributed by atoms with Crippen molar-refractivity contribution in [3.05, 3.63) is 22.4 Å². The van der Waals surface area contributed by atoms with Gasteiger partial charge in [-0.15, -0.1) is 11.3 Å². The molecule has 2 rings (SSSR count). The number of urea groups is 1. The molecule has 0 saturated carbocycles. The minimum absolute atomic E-state index is 0.0295. The largest absolute Gasteiger partial charge is 0.481 e. The number of amides is 2. The van der Waals surface area contributed by atoms with Crippen LogP contribution in [0, 0.1) is 5.92 Å². The van der Waals surface area contributed by atoms with E-state index >= 15 is 0 Å². The van der Waals surface area contributed by atoms with Crippen molar-refractivity contribution in [2.45, 2.75) is 45.2 Å². The fourth-order valence-electron chi connectivity index (χ4n) is 2.79. The van der Waals surface area contributed by atoms with Crippen molar-refractivity contribution in [1.29, 1.82) is 0 Å². The lowest BCUT2D eigenvalue weighted by Gasteiger charge is -2.37. The molecule has 0 aromatic carbocycles. The molecule has 3 atom stereocenters. The molecule has 0 radical (unpaired) electrons. The average molecular weight is 310 g/mol. The fraction of sp³-hybridized carbons (Fsp3) is 0.600. The smallest absolute Gasteiger partial charge is 0.318 e. The number of hydrogen-bond donors (Lipinski definition) is 2. The molecule has 0 bridgehead atoms. The van der Waals surface area contributed by atoms with Gasteiger partial charge in [0, 0.05) is 17.5 Å². The minimum atomic E-state index is -0.757. The Kier molecular flexibility index (Phi) is 5.22. The van der Waals surface area contributed by atoms with E-state index in [1.807, 2.05) is 31.4 Å². The molecule has 2 N–H and O–H groups in total. The van der Waals surface area contributed by atoms with Gasteiger partial charge >= 0.3 is 12.0 Å². The van der Waals surface area contributed by atoms with Gasteiger partial charge in [-0.2, -0.15) is 0 Å². The Labute approximate surface area is 129 Å². The second-order valence-corrected chi connectivity index (χ2v) is 6.51. The number of piperidine rings is 1. The quantitative estimate of drug-likeness (QED) is 0.898. The first kappa shape index (κ1) is 15.8. The lowest BCUT2D eigenvalue weighted by molar-refractivity contribution is -0.143. The number of thiophene rings is 1. The Hall–Kier alpha value is -1.56. The number of nitrogens with zero attached hydrogens (tertiary/aromatic N) is 1. The van der Waals surface area contributed by atoms with Gasteiger partial charge < -0.3 is 15.3 Å². The molecule has 1 aromatic heterocycles. The van der Waals surface area contributed by atoms with Crippen LogP contribution >= 0.6 is 11.3 Å².